The Hall–Kier alpha value is -4.43. The molecule has 14 heteroatoms. The summed E-state index contributed by atoms with van der Waals surface area (Å²) in [6.07, 6.45) is -8.36. The first-order chi connectivity index (χ1) is 21.2. The lowest BCUT2D eigenvalue weighted by Crippen LogP contribution is -2.46. The van der Waals surface area contributed by atoms with Crippen molar-refractivity contribution in [1.82, 2.24) is 15.2 Å². The molecule has 0 bridgehead atoms. The number of rotatable bonds is 7. The number of piperidine rings is 1. The third kappa shape index (κ3) is 7.12. The molecular formula is C31H30F6N6O2. The molecule has 1 atom stereocenters. The highest BCUT2D eigenvalue weighted by Crippen LogP contribution is 2.37. The highest BCUT2D eigenvalue weighted by Gasteiger charge is 2.39. The van der Waals surface area contributed by atoms with Gasteiger partial charge in [-0.15, -0.1) is 0 Å². The van der Waals surface area contributed by atoms with Gasteiger partial charge in [-0.3, -0.25) is 9.59 Å². The minimum atomic E-state index is -5.04. The fourth-order valence-corrected chi connectivity index (χ4v) is 5.30. The van der Waals surface area contributed by atoms with Gasteiger partial charge in [-0.1, -0.05) is 30.3 Å². The Morgan fingerprint density at radius 2 is 1.44 bits per heavy atom. The number of alkyl halides is 6. The molecule has 3 aromatic carbocycles. The van der Waals surface area contributed by atoms with Crippen LogP contribution in [0.3, 0.4) is 0 Å². The van der Waals surface area contributed by atoms with Crippen molar-refractivity contribution in [3.63, 3.8) is 0 Å². The number of halogens is 6. The van der Waals surface area contributed by atoms with E-state index in [1.807, 2.05) is 14.1 Å². The number of anilines is 2. The maximum atomic E-state index is 13.6. The van der Waals surface area contributed by atoms with Gasteiger partial charge in [0.2, 0.25) is 0 Å². The molecule has 8 nitrogen and oxygen atoms in total. The van der Waals surface area contributed by atoms with Crippen LogP contribution in [-0.4, -0.2) is 66.6 Å². The first-order valence-electron chi connectivity index (χ1n) is 14.1. The fourth-order valence-electron chi connectivity index (χ4n) is 5.30. The first-order valence-corrected chi connectivity index (χ1v) is 14.1. The maximum Gasteiger partial charge on any atom is 0.416 e. The van der Waals surface area contributed by atoms with Crippen LogP contribution in [0.25, 0.3) is 0 Å². The molecule has 5 rings (SSSR count). The van der Waals surface area contributed by atoms with Crippen LogP contribution < -0.4 is 15.9 Å². The summed E-state index contributed by atoms with van der Waals surface area (Å²) < 4.78 is 80.2. The van der Waals surface area contributed by atoms with E-state index in [2.05, 4.69) is 20.9 Å². The van der Waals surface area contributed by atoms with Crippen molar-refractivity contribution in [3.05, 3.63) is 95.1 Å². The Morgan fingerprint density at radius 1 is 0.867 bits per heavy atom. The molecule has 1 fully saturated rings. The average molecular weight is 633 g/mol. The second-order valence-electron chi connectivity index (χ2n) is 11.0. The van der Waals surface area contributed by atoms with Gasteiger partial charge in [-0.05, 0) is 69.4 Å². The van der Waals surface area contributed by atoms with Gasteiger partial charge in [-0.2, -0.15) is 36.5 Å². The van der Waals surface area contributed by atoms with Crippen molar-refractivity contribution in [2.24, 2.45) is 5.10 Å². The van der Waals surface area contributed by atoms with Crippen molar-refractivity contribution >= 4 is 28.9 Å². The summed E-state index contributed by atoms with van der Waals surface area (Å²) in [5.74, 6) is -0.780. The molecule has 3 aromatic rings. The van der Waals surface area contributed by atoms with E-state index in [0.717, 1.165) is 17.9 Å². The summed E-state index contributed by atoms with van der Waals surface area (Å²) in [5, 5.41) is 5.52. The number of hydrazine groups is 1. The summed E-state index contributed by atoms with van der Waals surface area (Å²) in [6, 6.07) is 14.9. The first kappa shape index (κ1) is 32.0. The van der Waals surface area contributed by atoms with Crippen molar-refractivity contribution in [2.75, 3.05) is 37.6 Å². The van der Waals surface area contributed by atoms with Gasteiger partial charge < -0.3 is 15.2 Å². The Kier molecular flexibility index (Phi) is 8.90. The fraction of sp³-hybridized carbons (Fsp3) is 0.323. The van der Waals surface area contributed by atoms with Gasteiger partial charge in [0.15, 0.2) is 6.04 Å². The second-order valence-corrected chi connectivity index (χ2v) is 11.0. The predicted octanol–water partition coefficient (Wildman–Crippen LogP) is 5.63. The van der Waals surface area contributed by atoms with E-state index in [-0.39, 0.29) is 17.7 Å². The van der Waals surface area contributed by atoms with Crippen molar-refractivity contribution in [3.8, 4) is 0 Å². The van der Waals surface area contributed by atoms with Crippen LogP contribution in [0, 0.1) is 0 Å². The predicted molar refractivity (Wildman–Crippen MR) is 157 cm³/mol. The molecule has 1 saturated heterocycles. The summed E-state index contributed by atoms with van der Waals surface area (Å²) in [7, 11) is 4.02. The molecule has 45 heavy (non-hydrogen) atoms. The van der Waals surface area contributed by atoms with Crippen LogP contribution in [0.15, 0.2) is 77.9 Å². The minimum Gasteiger partial charge on any atom is -0.339 e. The van der Waals surface area contributed by atoms with Gasteiger partial charge in [-0.25, -0.2) is 5.43 Å². The van der Waals surface area contributed by atoms with Gasteiger partial charge in [0.1, 0.15) is 0 Å². The number of carbonyl (C=O) groups excluding carboxylic acids is 2. The Bertz CT molecular complexity index is 1530. The monoisotopic (exact) mass is 632 g/mol. The zero-order valence-electron chi connectivity index (χ0n) is 24.3. The topological polar surface area (TPSA) is 80.3 Å². The normalized spacial score (nSPS) is 18.0. The van der Waals surface area contributed by atoms with Gasteiger partial charge in [0.05, 0.1) is 22.5 Å². The van der Waals surface area contributed by atoms with Crippen LogP contribution in [0.4, 0.5) is 37.7 Å². The van der Waals surface area contributed by atoms with E-state index in [4.69, 9.17) is 0 Å². The highest BCUT2D eigenvalue weighted by atomic mass is 19.4. The number of amides is 2. The molecule has 2 heterocycles. The Morgan fingerprint density at radius 3 is 1.98 bits per heavy atom. The van der Waals surface area contributed by atoms with Crippen molar-refractivity contribution < 1.29 is 35.9 Å². The molecule has 2 N–H and O–H groups in total. The van der Waals surface area contributed by atoms with Crippen LogP contribution in [0.5, 0.6) is 0 Å². The zero-order chi connectivity index (χ0) is 32.5. The van der Waals surface area contributed by atoms with E-state index in [1.54, 1.807) is 59.5 Å². The lowest BCUT2D eigenvalue weighted by atomic mass is 10.0. The van der Waals surface area contributed by atoms with Gasteiger partial charge in [0, 0.05) is 35.9 Å². The van der Waals surface area contributed by atoms with Crippen molar-refractivity contribution in [1.29, 1.82) is 0 Å². The third-order valence-electron chi connectivity index (χ3n) is 7.80. The smallest absolute Gasteiger partial charge is 0.339 e. The third-order valence-corrected chi connectivity index (χ3v) is 7.80. The zero-order valence-corrected chi connectivity index (χ0v) is 24.3. The molecule has 0 spiro atoms. The van der Waals surface area contributed by atoms with E-state index in [0.29, 0.717) is 48.1 Å². The number of hydrogen-bond acceptors (Lipinski definition) is 6. The average Bonchev–Trinajstić information content (AvgIpc) is 3.35. The number of benzene rings is 3. The van der Waals surface area contributed by atoms with E-state index < -0.39 is 41.1 Å². The molecule has 2 aliphatic rings. The standard InChI is InChI=1S/C31H30F6N6O2/c1-41(2)24-12-14-42(15-13-24)28(44)20-8-10-25(11-9-20)43-29(45)27(26(40-43)19-6-4-3-5-7-19)39-38-23-17-21(30(32,33)34)16-22(18-23)31(35,36)37/h3-11,16-18,24,27,38-39H,12-15H2,1-2H3. The second kappa shape index (κ2) is 12.5. The molecule has 0 aromatic heterocycles. The lowest BCUT2D eigenvalue weighted by molar-refractivity contribution is -0.143. The summed E-state index contributed by atoms with van der Waals surface area (Å²) in [5.41, 5.74) is 2.79. The number of nitrogens with zero attached hydrogens (tertiary/aromatic N) is 4. The molecule has 238 valence electrons. The number of hydrogen-bond donors (Lipinski definition) is 2. The molecule has 2 amide bonds. The lowest BCUT2D eigenvalue weighted by Gasteiger charge is -2.35. The molecular weight excluding hydrogens is 602 g/mol. The van der Waals surface area contributed by atoms with E-state index in [1.165, 1.54) is 0 Å². The molecule has 0 saturated carbocycles. The van der Waals surface area contributed by atoms with Gasteiger partial charge in [0.25, 0.3) is 11.8 Å². The van der Waals surface area contributed by atoms with Crippen LogP contribution in [-0.2, 0) is 17.1 Å². The molecule has 1 unspecified atom stereocenters. The highest BCUT2D eigenvalue weighted by molar-refractivity contribution is 6.24. The molecule has 0 aliphatic carbocycles. The van der Waals surface area contributed by atoms with Crippen LogP contribution in [0.1, 0.15) is 39.9 Å². The minimum absolute atomic E-state index is 0.0185. The summed E-state index contributed by atoms with van der Waals surface area (Å²) in [6.45, 7) is 1.24. The maximum absolute atomic E-state index is 13.6. The quantitative estimate of drug-likeness (QED) is 0.261. The number of carbonyl (C=O) groups is 2. The van der Waals surface area contributed by atoms with Crippen LogP contribution >= 0.6 is 0 Å². The largest absolute Gasteiger partial charge is 0.416 e. The SMILES string of the molecule is CN(C)C1CCN(C(=O)c2ccc(N3N=C(c4ccccc4)C(NNc4cc(C(F)(F)F)cc(C(F)(F)F)c4)C3=O)cc2)CC1. The Labute approximate surface area is 255 Å². The molecule has 0 radical (unpaired) electrons. The number of hydrazone groups is 1. The molecule has 2 aliphatic heterocycles. The van der Waals surface area contributed by atoms with Gasteiger partial charge >= 0.3 is 12.4 Å². The van der Waals surface area contributed by atoms with Crippen molar-refractivity contribution in [2.45, 2.75) is 37.3 Å². The summed E-state index contributed by atoms with van der Waals surface area (Å²) in [4.78, 5) is 30.6. The van der Waals surface area contributed by atoms with E-state index in [9.17, 15) is 35.9 Å². The van der Waals surface area contributed by atoms with E-state index >= 15 is 0 Å². The summed E-state index contributed by atoms with van der Waals surface area (Å²) >= 11 is 0. The number of likely N-dealkylation sites (tertiary alicyclic amines) is 1. The Balaban J connectivity index is 1.37. The number of nitrogens with one attached hydrogen (secondary N) is 2. The van der Waals surface area contributed by atoms with Crippen LogP contribution in [0.2, 0.25) is 0 Å².